The summed E-state index contributed by atoms with van der Waals surface area (Å²) in [6.45, 7) is 2.29. The van der Waals surface area contributed by atoms with E-state index in [4.69, 9.17) is 9.47 Å². The third kappa shape index (κ3) is 3.32. The fourth-order valence-corrected chi connectivity index (χ4v) is 1.22. The zero-order valence-corrected chi connectivity index (χ0v) is 8.64. The Hall–Kier alpha value is -1.12. The highest BCUT2D eigenvalue weighted by molar-refractivity contribution is 5.21. The number of rotatable bonds is 5. The van der Waals surface area contributed by atoms with Crippen molar-refractivity contribution in [1.29, 1.82) is 0 Å². The summed E-state index contributed by atoms with van der Waals surface area (Å²) in [5.41, 5.74) is 1.14. The van der Waals surface area contributed by atoms with Crippen LogP contribution in [0.3, 0.4) is 0 Å². The van der Waals surface area contributed by atoms with E-state index in [2.05, 4.69) is 0 Å². The van der Waals surface area contributed by atoms with Crippen LogP contribution in [0.25, 0.3) is 0 Å². The van der Waals surface area contributed by atoms with Crippen molar-refractivity contribution in [3.05, 3.63) is 48.0 Å². The van der Waals surface area contributed by atoms with E-state index in [1.165, 1.54) is 0 Å². The first-order valence-electron chi connectivity index (χ1n) is 4.66. The van der Waals surface area contributed by atoms with E-state index in [0.717, 1.165) is 5.56 Å². The van der Waals surface area contributed by atoms with Gasteiger partial charge in [0.2, 0.25) is 0 Å². The van der Waals surface area contributed by atoms with Gasteiger partial charge in [-0.2, -0.15) is 0 Å². The molecular weight excluding hydrogens is 176 g/mol. The molecule has 0 aliphatic carbocycles. The van der Waals surface area contributed by atoms with Crippen LogP contribution in [0.4, 0.5) is 0 Å². The summed E-state index contributed by atoms with van der Waals surface area (Å²) in [6, 6.07) is 10.1. The van der Waals surface area contributed by atoms with Crippen molar-refractivity contribution in [2.45, 2.75) is 13.0 Å². The molecule has 0 saturated carbocycles. The lowest BCUT2D eigenvalue weighted by atomic mass is 10.1. The number of ether oxygens (including phenoxy) is 2. The van der Waals surface area contributed by atoms with Gasteiger partial charge in [-0.3, -0.25) is 0 Å². The minimum absolute atomic E-state index is 0.0128. The highest BCUT2D eigenvalue weighted by Crippen LogP contribution is 2.18. The van der Waals surface area contributed by atoms with Crippen molar-refractivity contribution in [3.8, 4) is 0 Å². The van der Waals surface area contributed by atoms with Gasteiger partial charge in [0.1, 0.15) is 12.9 Å². The molecule has 0 saturated heterocycles. The summed E-state index contributed by atoms with van der Waals surface area (Å²) < 4.78 is 10.4. The second kappa shape index (κ2) is 6.35. The predicted octanol–water partition coefficient (Wildman–Crippen LogP) is 2.92. The molecule has 2 nitrogen and oxygen atoms in total. The smallest absolute Gasteiger partial charge is 0.147 e. The van der Waals surface area contributed by atoms with E-state index in [0.29, 0.717) is 6.79 Å². The minimum atomic E-state index is -0.0128. The van der Waals surface area contributed by atoms with Crippen LogP contribution in [0, 0.1) is 0 Å². The van der Waals surface area contributed by atoms with Gasteiger partial charge in [-0.1, -0.05) is 42.5 Å². The summed E-state index contributed by atoms with van der Waals surface area (Å²) in [5.74, 6) is 0. The van der Waals surface area contributed by atoms with Crippen molar-refractivity contribution in [2.75, 3.05) is 13.9 Å². The van der Waals surface area contributed by atoms with Crippen LogP contribution >= 0.6 is 0 Å². The Balaban J connectivity index is 2.67. The molecule has 1 rings (SSSR count). The molecule has 0 aliphatic rings. The van der Waals surface area contributed by atoms with Crippen molar-refractivity contribution in [1.82, 2.24) is 0 Å². The summed E-state index contributed by atoms with van der Waals surface area (Å²) in [5, 5.41) is 0. The van der Waals surface area contributed by atoms with Crippen molar-refractivity contribution in [3.63, 3.8) is 0 Å². The van der Waals surface area contributed by atoms with Crippen molar-refractivity contribution in [2.24, 2.45) is 0 Å². The summed E-state index contributed by atoms with van der Waals surface area (Å²) in [7, 11) is 1.62. The fourth-order valence-electron chi connectivity index (χ4n) is 1.22. The van der Waals surface area contributed by atoms with Gasteiger partial charge in [-0.15, -0.1) is 0 Å². The summed E-state index contributed by atoms with van der Waals surface area (Å²) >= 11 is 0. The maximum atomic E-state index is 5.51. The first-order chi connectivity index (χ1) is 6.88. The highest BCUT2D eigenvalue weighted by Gasteiger charge is 2.06. The second-order valence-corrected chi connectivity index (χ2v) is 2.93. The van der Waals surface area contributed by atoms with Crippen LogP contribution in [-0.2, 0) is 9.47 Å². The van der Waals surface area contributed by atoms with E-state index in [9.17, 15) is 0 Å². The van der Waals surface area contributed by atoms with E-state index >= 15 is 0 Å². The van der Waals surface area contributed by atoms with E-state index in [-0.39, 0.29) is 6.10 Å². The SMILES string of the molecule is C/C=C/C(OCOC)c1ccccc1. The second-order valence-electron chi connectivity index (χ2n) is 2.93. The summed E-state index contributed by atoms with van der Waals surface area (Å²) in [4.78, 5) is 0. The molecule has 0 bridgehead atoms. The molecule has 0 radical (unpaired) electrons. The van der Waals surface area contributed by atoms with Crippen molar-refractivity contribution < 1.29 is 9.47 Å². The fraction of sp³-hybridized carbons (Fsp3) is 0.333. The molecule has 14 heavy (non-hydrogen) atoms. The van der Waals surface area contributed by atoms with Gasteiger partial charge >= 0.3 is 0 Å². The molecule has 1 atom stereocenters. The molecule has 0 fully saturated rings. The Morgan fingerprint density at radius 1 is 1.29 bits per heavy atom. The lowest BCUT2D eigenvalue weighted by molar-refractivity contribution is -0.0567. The molecule has 2 heteroatoms. The number of allylic oxidation sites excluding steroid dienone is 1. The van der Waals surface area contributed by atoms with Gasteiger partial charge in [0.05, 0.1) is 0 Å². The Morgan fingerprint density at radius 3 is 2.57 bits per heavy atom. The van der Waals surface area contributed by atoms with Crippen LogP contribution < -0.4 is 0 Å². The van der Waals surface area contributed by atoms with Crippen LogP contribution in [0.2, 0.25) is 0 Å². The lowest BCUT2D eigenvalue weighted by Gasteiger charge is -2.13. The van der Waals surface area contributed by atoms with Gasteiger partial charge in [0.15, 0.2) is 0 Å². The topological polar surface area (TPSA) is 18.5 Å². The first-order valence-corrected chi connectivity index (χ1v) is 4.66. The third-order valence-corrected chi connectivity index (χ3v) is 1.86. The van der Waals surface area contributed by atoms with E-state index in [1.807, 2.05) is 49.4 Å². The Morgan fingerprint density at radius 2 is 2.00 bits per heavy atom. The van der Waals surface area contributed by atoms with Crippen LogP contribution in [0.15, 0.2) is 42.5 Å². The maximum absolute atomic E-state index is 5.51. The zero-order valence-electron chi connectivity index (χ0n) is 8.64. The lowest BCUT2D eigenvalue weighted by Crippen LogP contribution is -2.03. The van der Waals surface area contributed by atoms with E-state index in [1.54, 1.807) is 7.11 Å². The predicted molar refractivity (Wildman–Crippen MR) is 57.0 cm³/mol. The molecule has 1 unspecified atom stereocenters. The molecular formula is C12H16O2. The van der Waals surface area contributed by atoms with Crippen LogP contribution in [0.5, 0.6) is 0 Å². The van der Waals surface area contributed by atoms with Gasteiger partial charge in [-0.25, -0.2) is 0 Å². The molecule has 0 spiro atoms. The Bertz CT molecular complexity index is 267. The van der Waals surface area contributed by atoms with Crippen molar-refractivity contribution >= 4 is 0 Å². The number of methoxy groups -OCH3 is 1. The Kier molecular flexibility index (Phi) is 4.97. The number of hydrogen-bond donors (Lipinski definition) is 0. The van der Waals surface area contributed by atoms with Gasteiger partial charge in [0, 0.05) is 7.11 Å². The molecule has 0 heterocycles. The molecule has 1 aromatic carbocycles. The maximum Gasteiger partial charge on any atom is 0.147 e. The first kappa shape index (κ1) is 11.0. The Labute approximate surface area is 85.2 Å². The largest absolute Gasteiger partial charge is 0.359 e. The molecule has 0 aliphatic heterocycles. The molecule has 1 aromatic rings. The molecule has 76 valence electrons. The zero-order chi connectivity index (χ0) is 10.2. The third-order valence-electron chi connectivity index (χ3n) is 1.86. The summed E-state index contributed by atoms with van der Waals surface area (Å²) in [6.07, 6.45) is 3.97. The van der Waals surface area contributed by atoms with Crippen LogP contribution in [-0.4, -0.2) is 13.9 Å². The van der Waals surface area contributed by atoms with Gasteiger partial charge in [0.25, 0.3) is 0 Å². The average molecular weight is 192 g/mol. The normalized spacial score (nSPS) is 13.3. The van der Waals surface area contributed by atoms with E-state index < -0.39 is 0 Å². The minimum Gasteiger partial charge on any atom is -0.359 e. The monoisotopic (exact) mass is 192 g/mol. The van der Waals surface area contributed by atoms with Gasteiger partial charge in [-0.05, 0) is 12.5 Å². The molecule has 0 aromatic heterocycles. The quantitative estimate of drug-likeness (QED) is 0.527. The number of benzene rings is 1. The molecule has 0 N–H and O–H groups in total. The highest BCUT2D eigenvalue weighted by atomic mass is 16.7. The van der Waals surface area contributed by atoms with Crippen LogP contribution in [0.1, 0.15) is 18.6 Å². The average Bonchev–Trinajstić information content (AvgIpc) is 2.25. The standard InChI is InChI=1S/C12H16O2/c1-3-7-12(14-10-13-2)11-8-5-4-6-9-11/h3-9,12H,10H2,1-2H3/b7-3+. The van der Waals surface area contributed by atoms with Gasteiger partial charge < -0.3 is 9.47 Å². The molecule has 0 amide bonds. The number of hydrogen-bond acceptors (Lipinski definition) is 2.